The minimum atomic E-state index is 0.0421. The highest BCUT2D eigenvalue weighted by molar-refractivity contribution is 5.84. The molecule has 0 aromatic rings. The Balaban J connectivity index is 1.70. The number of hydrogen-bond donors (Lipinski definition) is 1. The standard InChI is InChI=1S/C12H20N2O2/c1-13-9-4-6-14(12(9)15)10-5-7-16-11(10)8-2-3-8/h8-11,13H,2-7H2,1H3. The summed E-state index contributed by atoms with van der Waals surface area (Å²) in [4.78, 5) is 14.2. The minimum Gasteiger partial charge on any atom is -0.376 e. The fourth-order valence-electron chi connectivity index (χ4n) is 3.11. The van der Waals surface area contributed by atoms with Crippen LogP contribution in [0.5, 0.6) is 0 Å². The van der Waals surface area contributed by atoms with E-state index in [1.807, 2.05) is 7.05 Å². The Kier molecular flexibility index (Phi) is 2.64. The van der Waals surface area contributed by atoms with Crippen LogP contribution in [0.15, 0.2) is 0 Å². The molecule has 16 heavy (non-hydrogen) atoms. The summed E-state index contributed by atoms with van der Waals surface area (Å²) < 4.78 is 5.80. The molecule has 0 radical (unpaired) electrons. The van der Waals surface area contributed by atoms with E-state index in [4.69, 9.17) is 4.74 Å². The normalized spacial score (nSPS) is 39.7. The zero-order chi connectivity index (χ0) is 11.1. The lowest BCUT2D eigenvalue weighted by Crippen LogP contribution is -2.45. The Morgan fingerprint density at radius 3 is 2.75 bits per heavy atom. The van der Waals surface area contributed by atoms with Crippen molar-refractivity contribution in [2.45, 2.75) is 43.9 Å². The molecule has 4 nitrogen and oxygen atoms in total. The molecule has 0 aromatic heterocycles. The van der Waals surface area contributed by atoms with E-state index in [0.29, 0.717) is 12.1 Å². The van der Waals surface area contributed by atoms with Crippen molar-refractivity contribution in [3.8, 4) is 0 Å². The molecular weight excluding hydrogens is 204 g/mol. The van der Waals surface area contributed by atoms with Crippen molar-refractivity contribution in [3.05, 3.63) is 0 Å². The number of hydrogen-bond acceptors (Lipinski definition) is 3. The van der Waals surface area contributed by atoms with E-state index in [9.17, 15) is 4.79 Å². The molecular formula is C12H20N2O2. The van der Waals surface area contributed by atoms with E-state index in [0.717, 1.165) is 31.9 Å². The zero-order valence-electron chi connectivity index (χ0n) is 9.82. The molecule has 2 saturated heterocycles. The van der Waals surface area contributed by atoms with Crippen molar-refractivity contribution in [3.63, 3.8) is 0 Å². The Hall–Kier alpha value is -0.610. The van der Waals surface area contributed by atoms with Gasteiger partial charge in [-0.3, -0.25) is 4.79 Å². The monoisotopic (exact) mass is 224 g/mol. The zero-order valence-corrected chi connectivity index (χ0v) is 9.82. The maximum Gasteiger partial charge on any atom is 0.240 e. The molecule has 90 valence electrons. The van der Waals surface area contributed by atoms with Gasteiger partial charge in [0.25, 0.3) is 0 Å². The van der Waals surface area contributed by atoms with Crippen LogP contribution in [0.1, 0.15) is 25.7 Å². The SMILES string of the molecule is CNC1CCN(C2CCOC2C2CC2)C1=O. The van der Waals surface area contributed by atoms with Gasteiger partial charge in [0.1, 0.15) is 0 Å². The van der Waals surface area contributed by atoms with Crippen molar-refractivity contribution < 1.29 is 9.53 Å². The van der Waals surface area contributed by atoms with E-state index in [2.05, 4.69) is 10.2 Å². The van der Waals surface area contributed by atoms with Crippen LogP contribution in [0.4, 0.5) is 0 Å². The van der Waals surface area contributed by atoms with Gasteiger partial charge in [0.05, 0.1) is 18.2 Å². The maximum absolute atomic E-state index is 12.1. The lowest BCUT2D eigenvalue weighted by molar-refractivity contribution is -0.132. The van der Waals surface area contributed by atoms with Crippen molar-refractivity contribution in [1.82, 2.24) is 10.2 Å². The number of amides is 1. The highest BCUT2D eigenvalue weighted by atomic mass is 16.5. The summed E-state index contributed by atoms with van der Waals surface area (Å²) in [7, 11) is 1.87. The van der Waals surface area contributed by atoms with Crippen LogP contribution < -0.4 is 5.32 Å². The van der Waals surface area contributed by atoms with Crippen molar-refractivity contribution in [1.29, 1.82) is 0 Å². The summed E-state index contributed by atoms with van der Waals surface area (Å²) in [6.07, 6.45) is 4.89. The molecule has 2 aliphatic heterocycles. The largest absolute Gasteiger partial charge is 0.376 e. The van der Waals surface area contributed by atoms with Gasteiger partial charge >= 0.3 is 0 Å². The van der Waals surface area contributed by atoms with E-state index in [1.165, 1.54) is 12.8 Å². The topological polar surface area (TPSA) is 41.6 Å². The quantitative estimate of drug-likeness (QED) is 0.753. The molecule has 3 atom stereocenters. The second-order valence-electron chi connectivity index (χ2n) is 5.19. The van der Waals surface area contributed by atoms with Gasteiger partial charge in [-0.2, -0.15) is 0 Å². The van der Waals surface area contributed by atoms with E-state index >= 15 is 0 Å². The van der Waals surface area contributed by atoms with Crippen LogP contribution in [-0.2, 0) is 9.53 Å². The maximum atomic E-state index is 12.1. The number of rotatable bonds is 3. The summed E-state index contributed by atoms with van der Waals surface area (Å²) >= 11 is 0. The first kappa shape index (κ1) is 10.5. The lowest BCUT2D eigenvalue weighted by Gasteiger charge is -2.28. The summed E-state index contributed by atoms with van der Waals surface area (Å²) in [5, 5.41) is 3.09. The van der Waals surface area contributed by atoms with Gasteiger partial charge in [0.15, 0.2) is 0 Å². The fourth-order valence-corrected chi connectivity index (χ4v) is 3.11. The minimum absolute atomic E-state index is 0.0421. The van der Waals surface area contributed by atoms with E-state index in [-0.39, 0.29) is 11.9 Å². The van der Waals surface area contributed by atoms with Crippen molar-refractivity contribution >= 4 is 5.91 Å². The van der Waals surface area contributed by atoms with Crippen molar-refractivity contribution in [2.75, 3.05) is 20.2 Å². The van der Waals surface area contributed by atoms with Gasteiger partial charge in [0, 0.05) is 13.2 Å². The molecule has 1 N–H and O–H groups in total. The molecule has 3 fully saturated rings. The van der Waals surface area contributed by atoms with Gasteiger partial charge < -0.3 is 15.0 Å². The van der Waals surface area contributed by atoms with E-state index < -0.39 is 0 Å². The first-order valence-corrected chi connectivity index (χ1v) is 6.40. The van der Waals surface area contributed by atoms with Crippen LogP contribution in [0.2, 0.25) is 0 Å². The molecule has 0 aromatic carbocycles. The van der Waals surface area contributed by atoms with Crippen LogP contribution in [0, 0.1) is 5.92 Å². The molecule has 0 spiro atoms. The van der Waals surface area contributed by atoms with Crippen LogP contribution in [0.25, 0.3) is 0 Å². The Labute approximate surface area is 96.3 Å². The highest BCUT2D eigenvalue weighted by Gasteiger charge is 2.46. The molecule has 3 aliphatic rings. The fraction of sp³-hybridized carbons (Fsp3) is 0.917. The van der Waals surface area contributed by atoms with Crippen LogP contribution >= 0.6 is 0 Å². The third-order valence-corrected chi connectivity index (χ3v) is 4.18. The van der Waals surface area contributed by atoms with Gasteiger partial charge in [-0.15, -0.1) is 0 Å². The predicted octanol–water partition coefficient (Wildman–Crippen LogP) is 0.374. The number of nitrogens with one attached hydrogen (secondary N) is 1. The summed E-state index contributed by atoms with van der Waals surface area (Å²) in [5.41, 5.74) is 0. The van der Waals surface area contributed by atoms with Crippen LogP contribution in [-0.4, -0.2) is 49.2 Å². The predicted molar refractivity (Wildman–Crippen MR) is 60.0 cm³/mol. The lowest BCUT2D eigenvalue weighted by atomic mass is 10.0. The summed E-state index contributed by atoms with van der Waals surface area (Å²) in [6.45, 7) is 1.74. The summed E-state index contributed by atoms with van der Waals surface area (Å²) in [5.74, 6) is 1.01. The number of ether oxygens (including phenoxy) is 1. The van der Waals surface area contributed by atoms with Gasteiger partial charge in [-0.25, -0.2) is 0 Å². The molecule has 3 unspecified atom stereocenters. The smallest absolute Gasteiger partial charge is 0.240 e. The number of likely N-dealkylation sites (tertiary alicyclic amines) is 1. The average molecular weight is 224 g/mol. The first-order valence-electron chi connectivity index (χ1n) is 6.40. The Morgan fingerprint density at radius 1 is 1.31 bits per heavy atom. The van der Waals surface area contributed by atoms with Gasteiger partial charge in [-0.1, -0.05) is 0 Å². The van der Waals surface area contributed by atoms with E-state index in [1.54, 1.807) is 0 Å². The first-order chi connectivity index (χ1) is 7.81. The highest BCUT2D eigenvalue weighted by Crippen LogP contribution is 2.41. The molecule has 2 heterocycles. The van der Waals surface area contributed by atoms with Gasteiger partial charge in [-0.05, 0) is 38.6 Å². The average Bonchev–Trinajstić information content (AvgIpc) is 2.91. The Bertz CT molecular complexity index is 291. The molecule has 3 rings (SSSR count). The molecule has 4 heteroatoms. The number of nitrogens with zero attached hydrogens (tertiary/aromatic N) is 1. The number of carbonyl (C=O) groups excluding carboxylic acids is 1. The third kappa shape index (κ3) is 1.64. The molecule has 0 bridgehead atoms. The molecule has 1 aliphatic carbocycles. The number of carbonyl (C=O) groups is 1. The number of likely N-dealkylation sites (N-methyl/N-ethyl adjacent to an activating group) is 1. The third-order valence-electron chi connectivity index (χ3n) is 4.18. The summed E-state index contributed by atoms with van der Waals surface area (Å²) in [6, 6.07) is 0.402. The second-order valence-corrected chi connectivity index (χ2v) is 5.19. The van der Waals surface area contributed by atoms with Gasteiger partial charge in [0.2, 0.25) is 5.91 Å². The van der Waals surface area contributed by atoms with Crippen LogP contribution in [0.3, 0.4) is 0 Å². The van der Waals surface area contributed by atoms with Crippen molar-refractivity contribution in [2.24, 2.45) is 5.92 Å². The molecule has 1 saturated carbocycles. The molecule has 1 amide bonds. The Morgan fingerprint density at radius 2 is 2.12 bits per heavy atom. The second kappa shape index (κ2) is 4.00.